The highest BCUT2D eigenvalue weighted by Crippen LogP contribution is 2.51. The van der Waals surface area contributed by atoms with Gasteiger partial charge in [-0.1, -0.05) is 75.2 Å². The summed E-state index contributed by atoms with van der Waals surface area (Å²) in [5, 5.41) is 19.7. The first kappa shape index (κ1) is 19.2. The lowest BCUT2D eigenvalue weighted by atomic mass is 9.59. The van der Waals surface area contributed by atoms with Crippen molar-refractivity contribution in [1.29, 1.82) is 5.26 Å². The molecule has 1 aliphatic carbocycles. The van der Waals surface area contributed by atoms with E-state index in [1.165, 1.54) is 5.56 Å². The molecule has 0 radical (unpaired) electrons. The summed E-state index contributed by atoms with van der Waals surface area (Å²) >= 11 is 0. The average Bonchev–Trinajstić information content (AvgIpc) is 2.73. The Morgan fingerprint density at radius 3 is 2.19 bits per heavy atom. The number of aliphatic carboxylic acids is 1. The molecular weight excluding hydrogens is 334 g/mol. The van der Waals surface area contributed by atoms with E-state index in [0.29, 0.717) is 6.42 Å². The van der Waals surface area contributed by atoms with E-state index in [4.69, 9.17) is 0 Å². The van der Waals surface area contributed by atoms with E-state index < -0.39 is 11.4 Å². The van der Waals surface area contributed by atoms with Gasteiger partial charge in [0, 0.05) is 5.92 Å². The second-order valence-electron chi connectivity index (χ2n) is 7.60. The lowest BCUT2D eigenvalue weighted by Crippen LogP contribution is -2.42. The molecule has 0 saturated heterocycles. The number of nitriles is 1. The van der Waals surface area contributed by atoms with Gasteiger partial charge in [-0.25, -0.2) is 0 Å². The van der Waals surface area contributed by atoms with E-state index >= 15 is 0 Å². The van der Waals surface area contributed by atoms with Crippen LogP contribution in [0.15, 0.2) is 48.5 Å². The summed E-state index contributed by atoms with van der Waals surface area (Å²) in [6.07, 6.45) is 4.13. The minimum absolute atomic E-state index is 0.226. The average molecular weight is 361 g/mol. The van der Waals surface area contributed by atoms with E-state index in [1.807, 2.05) is 12.1 Å². The Kier molecular flexibility index (Phi) is 5.65. The van der Waals surface area contributed by atoms with Crippen LogP contribution in [0.3, 0.4) is 0 Å². The van der Waals surface area contributed by atoms with E-state index in [9.17, 15) is 15.2 Å². The zero-order valence-corrected chi connectivity index (χ0v) is 16.1. The van der Waals surface area contributed by atoms with Crippen LogP contribution in [-0.2, 0) is 11.2 Å². The molecule has 2 aromatic rings. The predicted octanol–water partition coefficient (Wildman–Crippen LogP) is 5.80. The molecule has 3 heteroatoms. The van der Waals surface area contributed by atoms with Gasteiger partial charge in [-0.3, -0.25) is 4.79 Å². The van der Waals surface area contributed by atoms with Crippen molar-refractivity contribution in [2.24, 2.45) is 11.3 Å². The predicted molar refractivity (Wildman–Crippen MR) is 107 cm³/mol. The van der Waals surface area contributed by atoms with Crippen molar-refractivity contribution in [1.82, 2.24) is 0 Å². The minimum atomic E-state index is -1.32. The number of carboxylic acid groups (broad SMARTS) is 1. The minimum Gasteiger partial charge on any atom is -0.480 e. The van der Waals surface area contributed by atoms with E-state index in [1.54, 1.807) is 0 Å². The second-order valence-corrected chi connectivity index (χ2v) is 7.60. The van der Waals surface area contributed by atoms with Crippen LogP contribution in [0, 0.1) is 22.7 Å². The topological polar surface area (TPSA) is 61.1 Å². The molecule has 2 aromatic carbocycles. The Morgan fingerprint density at radius 1 is 1.11 bits per heavy atom. The first-order valence-corrected chi connectivity index (χ1v) is 9.89. The quantitative estimate of drug-likeness (QED) is 0.731. The van der Waals surface area contributed by atoms with Crippen LogP contribution in [0.1, 0.15) is 56.6 Å². The Bertz CT molecular complexity index is 832. The molecule has 0 bridgehead atoms. The van der Waals surface area contributed by atoms with Crippen LogP contribution in [-0.4, -0.2) is 11.1 Å². The fourth-order valence-corrected chi connectivity index (χ4v) is 4.59. The molecular formula is C24H27NO2. The third kappa shape index (κ3) is 3.49. The molecule has 3 unspecified atom stereocenters. The maximum absolute atomic E-state index is 12.1. The monoisotopic (exact) mass is 361 g/mol. The van der Waals surface area contributed by atoms with Gasteiger partial charge in [0.05, 0.1) is 6.07 Å². The second kappa shape index (κ2) is 7.96. The van der Waals surface area contributed by atoms with Crippen molar-refractivity contribution in [3.8, 4) is 17.2 Å². The maximum atomic E-state index is 12.1. The SMILES string of the molecule is CCc1ccc(-c2ccc(C3C(CC)CCCC3(C#N)C(=O)O)cc2)cc1. The molecule has 1 saturated carbocycles. The highest BCUT2D eigenvalue weighted by molar-refractivity contribution is 5.80. The van der Waals surface area contributed by atoms with Gasteiger partial charge < -0.3 is 5.11 Å². The van der Waals surface area contributed by atoms with Gasteiger partial charge in [-0.2, -0.15) is 5.26 Å². The van der Waals surface area contributed by atoms with Crippen molar-refractivity contribution in [2.45, 2.75) is 51.9 Å². The van der Waals surface area contributed by atoms with Crippen LogP contribution < -0.4 is 0 Å². The smallest absolute Gasteiger partial charge is 0.324 e. The number of carboxylic acids is 1. The highest BCUT2D eigenvalue weighted by Gasteiger charge is 2.52. The number of nitrogens with zero attached hydrogens (tertiary/aromatic N) is 1. The van der Waals surface area contributed by atoms with E-state index in [0.717, 1.165) is 42.4 Å². The van der Waals surface area contributed by atoms with Gasteiger partial charge in [0.25, 0.3) is 0 Å². The molecule has 0 aromatic heterocycles. The number of carbonyl (C=O) groups is 1. The largest absolute Gasteiger partial charge is 0.480 e. The normalized spacial score (nSPS) is 24.9. The standard InChI is InChI=1S/C24H27NO2/c1-3-17-7-9-19(10-8-17)20-11-13-21(14-12-20)22-18(4-2)6-5-15-24(22,16-25)23(26)27/h7-14,18,22H,3-6,15H2,1-2H3,(H,26,27). The van der Waals surface area contributed by atoms with E-state index in [-0.39, 0.29) is 11.8 Å². The van der Waals surface area contributed by atoms with Crippen LogP contribution in [0.4, 0.5) is 0 Å². The van der Waals surface area contributed by atoms with Gasteiger partial charge in [-0.15, -0.1) is 0 Å². The molecule has 0 aliphatic heterocycles. The van der Waals surface area contributed by atoms with Crippen LogP contribution in [0.2, 0.25) is 0 Å². The summed E-state index contributed by atoms with van der Waals surface area (Å²) < 4.78 is 0. The number of benzene rings is 2. The third-order valence-corrected chi connectivity index (χ3v) is 6.22. The van der Waals surface area contributed by atoms with Crippen molar-refractivity contribution in [3.63, 3.8) is 0 Å². The van der Waals surface area contributed by atoms with Crippen LogP contribution >= 0.6 is 0 Å². The molecule has 27 heavy (non-hydrogen) atoms. The first-order chi connectivity index (χ1) is 13.1. The molecule has 1 aliphatic rings. The number of hydrogen-bond donors (Lipinski definition) is 1. The molecule has 1 fully saturated rings. The zero-order valence-electron chi connectivity index (χ0n) is 16.1. The van der Waals surface area contributed by atoms with Crippen LogP contribution in [0.5, 0.6) is 0 Å². The molecule has 0 spiro atoms. The van der Waals surface area contributed by atoms with Crippen LogP contribution in [0.25, 0.3) is 11.1 Å². The lowest BCUT2D eigenvalue weighted by Gasteiger charge is -2.41. The number of aryl methyl sites for hydroxylation is 1. The fraction of sp³-hybridized carbons (Fsp3) is 0.417. The summed E-state index contributed by atoms with van der Waals surface area (Å²) in [6.45, 7) is 4.23. The number of hydrogen-bond acceptors (Lipinski definition) is 2. The van der Waals surface area contributed by atoms with Crippen molar-refractivity contribution in [2.75, 3.05) is 0 Å². The Balaban J connectivity index is 1.97. The molecule has 3 nitrogen and oxygen atoms in total. The number of rotatable bonds is 5. The van der Waals surface area contributed by atoms with Crippen molar-refractivity contribution < 1.29 is 9.90 Å². The Labute approximate surface area is 161 Å². The highest BCUT2D eigenvalue weighted by atomic mass is 16.4. The van der Waals surface area contributed by atoms with E-state index in [2.05, 4.69) is 56.3 Å². The molecule has 0 amide bonds. The summed E-state index contributed by atoms with van der Waals surface area (Å²) in [5.41, 5.74) is 3.23. The lowest BCUT2D eigenvalue weighted by molar-refractivity contribution is -0.149. The Morgan fingerprint density at radius 2 is 1.70 bits per heavy atom. The molecule has 1 N–H and O–H groups in total. The Hall–Kier alpha value is -2.60. The molecule has 3 rings (SSSR count). The molecule has 3 atom stereocenters. The summed E-state index contributed by atoms with van der Waals surface area (Å²) in [6, 6.07) is 18.9. The fourth-order valence-electron chi connectivity index (χ4n) is 4.59. The zero-order chi connectivity index (χ0) is 19.4. The molecule has 0 heterocycles. The van der Waals surface area contributed by atoms with Gasteiger partial charge in [0.1, 0.15) is 0 Å². The molecule has 140 valence electrons. The summed E-state index contributed by atoms with van der Waals surface area (Å²) in [5.74, 6) is -1.01. The summed E-state index contributed by atoms with van der Waals surface area (Å²) in [7, 11) is 0. The van der Waals surface area contributed by atoms with Gasteiger partial charge >= 0.3 is 5.97 Å². The van der Waals surface area contributed by atoms with Gasteiger partial charge in [-0.05, 0) is 47.4 Å². The van der Waals surface area contributed by atoms with Crippen molar-refractivity contribution in [3.05, 3.63) is 59.7 Å². The first-order valence-electron chi connectivity index (χ1n) is 9.89. The van der Waals surface area contributed by atoms with Gasteiger partial charge in [0.15, 0.2) is 5.41 Å². The van der Waals surface area contributed by atoms with Gasteiger partial charge in [0.2, 0.25) is 0 Å². The summed E-state index contributed by atoms with van der Waals surface area (Å²) in [4.78, 5) is 12.1. The van der Waals surface area contributed by atoms with Crippen molar-refractivity contribution >= 4 is 5.97 Å². The third-order valence-electron chi connectivity index (χ3n) is 6.22. The maximum Gasteiger partial charge on any atom is 0.324 e.